The van der Waals surface area contributed by atoms with Gasteiger partial charge in [-0.2, -0.15) is 0 Å². The van der Waals surface area contributed by atoms with Crippen LogP contribution in [0.4, 0.5) is 0 Å². The lowest BCUT2D eigenvalue weighted by Gasteiger charge is -2.32. The third-order valence-electron chi connectivity index (χ3n) is 4.33. The average Bonchev–Trinajstić information content (AvgIpc) is 3.10. The van der Waals surface area contributed by atoms with E-state index in [0.717, 1.165) is 18.6 Å². The summed E-state index contributed by atoms with van der Waals surface area (Å²) in [4.78, 5) is 39.7. The lowest BCUT2D eigenvalue weighted by atomic mass is 9.98. The lowest BCUT2D eigenvalue weighted by molar-refractivity contribution is -0.151. The summed E-state index contributed by atoms with van der Waals surface area (Å²) in [5, 5.41) is 0. The molecule has 0 bridgehead atoms. The van der Waals surface area contributed by atoms with Gasteiger partial charge in [0.05, 0.1) is 19.1 Å². The highest BCUT2D eigenvalue weighted by molar-refractivity contribution is 5.94. The molecule has 138 valence electrons. The number of esters is 1. The number of furan rings is 1. The molecule has 0 spiro atoms. The van der Waals surface area contributed by atoms with Crippen LogP contribution in [0.5, 0.6) is 0 Å². The van der Waals surface area contributed by atoms with Crippen molar-refractivity contribution in [2.45, 2.75) is 33.1 Å². The van der Waals surface area contributed by atoms with E-state index in [1.807, 2.05) is 6.92 Å². The first-order chi connectivity index (χ1) is 12.0. The van der Waals surface area contributed by atoms with Gasteiger partial charge in [-0.1, -0.05) is 6.92 Å². The van der Waals surface area contributed by atoms with Crippen LogP contribution in [0.25, 0.3) is 0 Å². The summed E-state index contributed by atoms with van der Waals surface area (Å²) in [5.41, 5.74) is 0. The Labute approximate surface area is 147 Å². The van der Waals surface area contributed by atoms with Crippen LogP contribution in [-0.2, 0) is 20.7 Å². The smallest absolute Gasteiger partial charge is 0.310 e. The number of aryl methyl sites for hydroxylation is 1. The fourth-order valence-corrected chi connectivity index (χ4v) is 2.90. The summed E-state index contributed by atoms with van der Waals surface area (Å²) in [6, 6.07) is 3.39. The van der Waals surface area contributed by atoms with Crippen molar-refractivity contribution in [2.75, 3.05) is 33.3 Å². The first-order valence-electron chi connectivity index (χ1n) is 8.74. The van der Waals surface area contributed by atoms with Gasteiger partial charge >= 0.3 is 5.97 Å². The molecule has 25 heavy (non-hydrogen) atoms. The first-order valence-corrected chi connectivity index (χ1v) is 8.74. The van der Waals surface area contributed by atoms with Gasteiger partial charge in [0, 0.05) is 26.6 Å². The summed E-state index contributed by atoms with van der Waals surface area (Å²) in [6.45, 7) is 4.94. The molecule has 1 aliphatic rings. The summed E-state index contributed by atoms with van der Waals surface area (Å²) < 4.78 is 10.5. The van der Waals surface area contributed by atoms with Crippen LogP contribution in [0, 0.1) is 5.92 Å². The summed E-state index contributed by atoms with van der Waals surface area (Å²) in [6.07, 6.45) is 2.19. The quantitative estimate of drug-likeness (QED) is 0.730. The van der Waals surface area contributed by atoms with Crippen molar-refractivity contribution >= 4 is 17.8 Å². The molecule has 2 heterocycles. The lowest BCUT2D eigenvalue weighted by Crippen LogP contribution is -2.47. The Hall–Kier alpha value is -2.31. The van der Waals surface area contributed by atoms with E-state index < -0.39 is 0 Å². The number of likely N-dealkylation sites (tertiary alicyclic amines) is 1. The van der Waals surface area contributed by atoms with Crippen molar-refractivity contribution in [3.63, 3.8) is 0 Å². The Morgan fingerprint density at radius 3 is 2.72 bits per heavy atom. The largest absolute Gasteiger partial charge is 0.466 e. The first kappa shape index (κ1) is 19.0. The predicted molar refractivity (Wildman–Crippen MR) is 91.0 cm³/mol. The molecule has 1 aromatic rings. The van der Waals surface area contributed by atoms with E-state index in [2.05, 4.69) is 0 Å². The zero-order valence-electron chi connectivity index (χ0n) is 15.1. The Bertz CT molecular complexity index is 625. The summed E-state index contributed by atoms with van der Waals surface area (Å²) >= 11 is 0. The Balaban J connectivity index is 1.91. The Morgan fingerprint density at radius 1 is 1.32 bits per heavy atom. The van der Waals surface area contributed by atoms with Gasteiger partial charge in [0.1, 0.15) is 5.76 Å². The molecule has 1 fully saturated rings. The highest BCUT2D eigenvalue weighted by atomic mass is 16.5. The summed E-state index contributed by atoms with van der Waals surface area (Å²) in [5.74, 6) is -0.0753. The molecule has 7 nitrogen and oxygen atoms in total. The zero-order valence-corrected chi connectivity index (χ0v) is 15.1. The fourth-order valence-electron chi connectivity index (χ4n) is 2.90. The third-order valence-corrected chi connectivity index (χ3v) is 4.33. The number of amides is 2. The average molecular weight is 350 g/mol. The molecular weight excluding hydrogens is 324 g/mol. The summed E-state index contributed by atoms with van der Waals surface area (Å²) in [7, 11) is 1.57. The van der Waals surface area contributed by atoms with Crippen LogP contribution in [0.2, 0.25) is 0 Å². The van der Waals surface area contributed by atoms with E-state index in [1.54, 1.807) is 31.0 Å². The molecule has 7 heteroatoms. The predicted octanol–water partition coefficient (Wildman–Crippen LogP) is 1.72. The van der Waals surface area contributed by atoms with Crippen LogP contribution >= 0.6 is 0 Å². The second-order valence-corrected chi connectivity index (χ2v) is 6.21. The molecule has 2 amide bonds. The highest BCUT2D eigenvalue weighted by Crippen LogP contribution is 2.18. The molecule has 0 radical (unpaired) electrons. The monoisotopic (exact) mass is 350 g/mol. The molecule has 1 saturated heterocycles. The molecule has 0 aromatic carbocycles. The number of hydrogen-bond acceptors (Lipinski definition) is 5. The van der Waals surface area contributed by atoms with Gasteiger partial charge in [-0.05, 0) is 31.9 Å². The van der Waals surface area contributed by atoms with Gasteiger partial charge in [-0.15, -0.1) is 0 Å². The number of carbonyl (C=O) groups is 3. The van der Waals surface area contributed by atoms with Crippen molar-refractivity contribution in [2.24, 2.45) is 5.92 Å². The van der Waals surface area contributed by atoms with Crippen LogP contribution < -0.4 is 0 Å². The molecule has 1 aliphatic heterocycles. The van der Waals surface area contributed by atoms with E-state index in [9.17, 15) is 14.4 Å². The molecular formula is C18H26N2O5. The van der Waals surface area contributed by atoms with Crippen molar-refractivity contribution in [3.8, 4) is 0 Å². The number of likely N-dealkylation sites (N-methyl/N-ethyl adjacent to an activating group) is 1. The number of carbonyl (C=O) groups excluding carboxylic acids is 3. The van der Waals surface area contributed by atoms with Crippen molar-refractivity contribution in [1.29, 1.82) is 0 Å². The van der Waals surface area contributed by atoms with E-state index in [-0.39, 0.29) is 36.0 Å². The molecule has 0 saturated carbocycles. The fraction of sp³-hybridized carbons (Fsp3) is 0.611. The number of ether oxygens (including phenoxy) is 1. The van der Waals surface area contributed by atoms with Gasteiger partial charge in [0.15, 0.2) is 5.76 Å². The number of rotatable bonds is 6. The van der Waals surface area contributed by atoms with Gasteiger partial charge in [-0.3, -0.25) is 14.4 Å². The minimum Gasteiger partial charge on any atom is -0.466 e. The standard InChI is InChI=1S/C18H26N2O5/c1-4-14-8-9-15(25-14)17(22)19(3)12-16(21)20-10-6-7-13(11-20)18(23)24-5-2/h8-9,13H,4-7,10-12H2,1-3H3. The van der Waals surface area contributed by atoms with Crippen LogP contribution in [0.3, 0.4) is 0 Å². The normalized spacial score (nSPS) is 17.2. The zero-order chi connectivity index (χ0) is 18.4. The number of piperidine rings is 1. The highest BCUT2D eigenvalue weighted by Gasteiger charge is 2.30. The Kier molecular flexibility index (Phi) is 6.61. The second-order valence-electron chi connectivity index (χ2n) is 6.21. The Morgan fingerprint density at radius 2 is 2.08 bits per heavy atom. The maximum absolute atomic E-state index is 12.5. The number of nitrogens with zero attached hydrogens (tertiary/aromatic N) is 2. The van der Waals surface area contributed by atoms with Gasteiger partial charge in [0.2, 0.25) is 5.91 Å². The maximum Gasteiger partial charge on any atom is 0.310 e. The molecule has 0 aliphatic carbocycles. The minimum atomic E-state index is -0.327. The van der Waals surface area contributed by atoms with Gasteiger partial charge in [0.25, 0.3) is 5.91 Å². The van der Waals surface area contributed by atoms with E-state index in [4.69, 9.17) is 9.15 Å². The SMILES string of the molecule is CCOC(=O)C1CCCN(C(=O)CN(C)C(=O)c2ccc(CC)o2)C1. The molecule has 2 rings (SSSR count). The topological polar surface area (TPSA) is 80.1 Å². The van der Waals surface area contributed by atoms with E-state index >= 15 is 0 Å². The second kappa shape index (κ2) is 8.69. The molecule has 1 unspecified atom stereocenters. The van der Waals surface area contributed by atoms with Crippen molar-refractivity contribution < 1.29 is 23.5 Å². The van der Waals surface area contributed by atoms with Crippen molar-refractivity contribution in [1.82, 2.24) is 9.80 Å². The van der Waals surface area contributed by atoms with Crippen LogP contribution in [0.15, 0.2) is 16.5 Å². The third kappa shape index (κ3) is 4.84. The molecule has 1 aromatic heterocycles. The van der Waals surface area contributed by atoms with E-state index in [1.165, 1.54) is 4.90 Å². The number of hydrogen-bond donors (Lipinski definition) is 0. The maximum atomic E-state index is 12.5. The van der Waals surface area contributed by atoms with Crippen LogP contribution in [-0.4, -0.2) is 60.9 Å². The van der Waals surface area contributed by atoms with Gasteiger partial charge in [-0.25, -0.2) is 0 Å². The van der Waals surface area contributed by atoms with E-state index in [0.29, 0.717) is 26.1 Å². The minimum absolute atomic E-state index is 0.0451. The molecule has 1 atom stereocenters. The van der Waals surface area contributed by atoms with Gasteiger partial charge < -0.3 is 19.0 Å². The van der Waals surface area contributed by atoms with Crippen molar-refractivity contribution in [3.05, 3.63) is 23.7 Å². The molecule has 0 N–H and O–H groups in total. The van der Waals surface area contributed by atoms with Crippen LogP contribution in [0.1, 0.15) is 43.0 Å².